The SMILES string of the molecule is Cc1noc(C)c1CC(=O)NC(C)c1ccc(OCC(=O)O)cc1. The first-order valence-corrected chi connectivity index (χ1v) is 7.52. The van der Waals surface area contributed by atoms with Crippen LogP contribution in [0.5, 0.6) is 5.75 Å². The van der Waals surface area contributed by atoms with Crippen molar-refractivity contribution in [2.24, 2.45) is 0 Å². The molecule has 0 saturated heterocycles. The van der Waals surface area contributed by atoms with Crippen molar-refractivity contribution >= 4 is 11.9 Å². The van der Waals surface area contributed by atoms with Crippen molar-refractivity contribution in [1.82, 2.24) is 10.5 Å². The van der Waals surface area contributed by atoms with Crippen LogP contribution >= 0.6 is 0 Å². The topological polar surface area (TPSA) is 102 Å². The van der Waals surface area contributed by atoms with Crippen molar-refractivity contribution in [2.45, 2.75) is 33.2 Å². The molecule has 1 aromatic carbocycles. The molecule has 1 heterocycles. The lowest BCUT2D eigenvalue weighted by atomic mass is 10.1. The number of carboxylic acids is 1. The molecule has 2 rings (SSSR count). The fourth-order valence-electron chi connectivity index (χ4n) is 2.29. The third-order valence-electron chi connectivity index (χ3n) is 3.64. The average Bonchev–Trinajstić information content (AvgIpc) is 2.85. The van der Waals surface area contributed by atoms with E-state index in [1.165, 1.54) is 0 Å². The Morgan fingerprint density at radius 3 is 2.50 bits per heavy atom. The molecule has 0 aliphatic carbocycles. The molecular weight excluding hydrogens is 312 g/mol. The summed E-state index contributed by atoms with van der Waals surface area (Å²) in [6, 6.07) is 6.74. The van der Waals surface area contributed by atoms with Crippen LogP contribution in [0, 0.1) is 13.8 Å². The van der Waals surface area contributed by atoms with Crippen molar-refractivity contribution in [3.05, 3.63) is 46.8 Å². The molecule has 0 saturated carbocycles. The number of amides is 1. The van der Waals surface area contributed by atoms with Gasteiger partial charge < -0.3 is 19.7 Å². The quantitative estimate of drug-likeness (QED) is 0.806. The monoisotopic (exact) mass is 332 g/mol. The van der Waals surface area contributed by atoms with E-state index < -0.39 is 5.97 Å². The Morgan fingerprint density at radius 1 is 1.29 bits per heavy atom. The second-order valence-electron chi connectivity index (χ2n) is 5.52. The number of rotatable bonds is 7. The number of aryl methyl sites for hydroxylation is 2. The van der Waals surface area contributed by atoms with Crippen LogP contribution in [0.3, 0.4) is 0 Å². The number of benzene rings is 1. The number of hydrogen-bond acceptors (Lipinski definition) is 5. The van der Waals surface area contributed by atoms with E-state index in [0.717, 1.165) is 16.8 Å². The number of carboxylic acid groups (broad SMARTS) is 1. The highest BCUT2D eigenvalue weighted by Gasteiger charge is 2.15. The van der Waals surface area contributed by atoms with Crippen LogP contribution in [0.25, 0.3) is 0 Å². The van der Waals surface area contributed by atoms with Crippen molar-refractivity contribution in [1.29, 1.82) is 0 Å². The van der Waals surface area contributed by atoms with Crippen molar-refractivity contribution < 1.29 is 24.0 Å². The maximum Gasteiger partial charge on any atom is 0.341 e. The Morgan fingerprint density at radius 2 is 1.96 bits per heavy atom. The minimum absolute atomic E-state index is 0.122. The Kier molecular flexibility index (Phi) is 5.57. The molecule has 24 heavy (non-hydrogen) atoms. The zero-order valence-corrected chi connectivity index (χ0v) is 13.8. The summed E-state index contributed by atoms with van der Waals surface area (Å²) in [5, 5.41) is 15.3. The first-order chi connectivity index (χ1) is 11.4. The Hall–Kier alpha value is -2.83. The summed E-state index contributed by atoms with van der Waals surface area (Å²) in [7, 11) is 0. The van der Waals surface area contributed by atoms with Crippen LogP contribution in [-0.4, -0.2) is 28.7 Å². The molecule has 128 valence electrons. The van der Waals surface area contributed by atoms with Gasteiger partial charge in [-0.1, -0.05) is 17.3 Å². The molecule has 7 nitrogen and oxygen atoms in total. The Labute approximate surface area is 139 Å². The molecule has 1 unspecified atom stereocenters. The molecule has 2 N–H and O–H groups in total. The number of carbonyl (C=O) groups excluding carboxylic acids is 1. The van der Waals surface area contributed by atoms with Crippen molar-refractivity contribution in [3.8, 4) is 5.75 Å². The van der Waals surface area contributed by atoms with E-state index in [-0.39, 0.29) is 25.0 Å². The third kappa shape index (κ3) is 4.58. The zero-order chi connectivity index (χ0) is 17.7. The molecule has 1 amide bonds. The maximum atomic E-state index is 12.2. The highest BCUT2D eigenvalue weighted by atomic mass is 16.5. The Bertz CT molecular complexity index is 702. The summed E-state index contributed by atoms with van der Waals surface area (Å²) in [5.41, 5.74) is 2.41. The molecule has 1 aromatic heterocycles. The number of carbonyl (C=O) groups is 2. The largest absolute Gasteiger partial charge is 0.482 e. The average molecular weight is 332 g/mol. The number of aromatic nitrogens is 1. The highest BCUT2D eigenvalue weighted by Crippen LogP contribution is 2.18. The van der Waals surface area contributed by atoms with Gasteiger partial charge in [0.2, 0.25) is 5.91 Å². The molecule has 0 bridgehead atoms. The first-order valence-electron chi connectivity index (χ1n) is 7.52. The van der Waals surface area contributed by atoms with Crippen molar-refractivity contribution in [3.63, 3.8) is 0 Å². The van der Waals surface area contributed by atoms with Gasteiger partial charge in [0.25, 0.3) is 0 Å². The normalized spacial score (nSPS) is 11.8. The fraction of sp³-hybridized carbons (Fsp3) is 0.353. The lowest BCUT2D eigenvalue weighted by Crippen LogP contribution is -2.28. The minimum Gasteiger partial charge on any atom is -0.482 e. The third-order valence-corrected chi connectivity index (χ3v) is 3.64. The fourth-order valence-corrected chi connectivity index (χ4v) is 2.29. The molecule has 2 aromatic rings. The number of nitrogens with zero attached hydrogens (tertiary/aromatic N) is 1. The predicted octanol–water partition coefficient (Wildman–Crippen LogP) is 2.17. The van der Waals surface area contributed by atoms with Crippen LogP contribution in [0.15, 0.2) is 28.8 Å². The summed E-state index contributed by atoms with van der Waals surface area (Å²) >= 11 is 0. The van der Waals surface area contributed by atoms with Gasteiger partial charge in [-0.05, 0) is 38.5 Å². The summed E-state index contributed by atoms with van der Waals surface area (Å²) in [6.07, 6.45) is 0.214. The molecule has 0 radical (unpaired) electrons. The van der Waals surface area contributed by atoms with Gasteiger partial charge in [-0.15, -0.1) is 0 Å². The van der Waals surface area contributed by atoms with Gasteiger partial charge in [0.05, 0.1) is 18.2 Å². The van der Waals surface area contributed by atoms with Crippen LogP contribution in [-0.2, 0) is 16.0 Å². The summed E-state index contributed by atoms with van der Waals surface area (Å²) < 4.78 is 10.1. The summed E-state index contributed by atoms with van der Waals surface area (Å²) in [5.74, 6) is -0.0345. The number of ether oxygens (including phenoxy) is 1. The minimum atomic E-state index is -1.03. The highest BCUT2D eigenvalue weighted by molar-refractivity contribution is 5.79. The lowest BCUT2D eigenvalue weighted by Gasteiger charge is -2.15. The second kappa shape index (κ2) is 7.63. The van der Waals surface area contributed by atoms with E-state index in [0.29, 0.717) is 11.5 Å². The van der Waals surface area contributed by atoms with Crippen molar-refractivity contribution in [2.75, 3.05) is 6.61 Å². The number of nitrogens with one attached hydrogen (secondary N) is 1. The predicted molar refractivity (Wildman–Crippen MR) is 85.8 cm³/mol. The van der Waals surface area contributed by atoms with Gasteiger partial charge >= 0.3 is 5.97 Å². The molecule has 0 aliphatic rings. The molecule has 1 atom stereocenters. The van der Waals surface area contributed by atoms with Gasteiger partial charge in [-0.2, -0.15) is 0 Å². The second-order valence-corrected chi connectivity index (χ2v) is 5.52. The van der Waals surface area contributed by atoms with E-state index in [1.54, 1.807) is 38.1 Å². The van der Waals surface area contributed by atoms with Crippen LogP contribution in [0.1, 0.15) is 35.5 Å². The van der Waals surface area contributed by atoms with Gasteiger partial charge in [-0.25, -0.2) is 4.79 Å². The molecular formula is C17H20N2O5. The lowest BCUT2D eigenvalue weighted by molar-refractivity contribution is -0.139. The molecule has 7 heteroatoms. The van der Waals surface area contributed by atoms with Gasteiger partial charge in [-0.3, -0.25) is 4.79 Å². The molecule has 0 fully saturated rings. The van der Waals surface area contributed by atoms with Gasteiger partial charge in [0, 0.05) is 5.56 Å². The smallest absolute Gasteiger partial charge is 0.341 e. The molecule has 0 spiro atoms. The molecule has 0 aliphatic heterocycles. The maximum absolute atomic E-state index is 12.2. The van der Waals surface area contributed by atoms with Crippen LogP contribution < -0.4 is 10.1 Å². The number of hydrogen-bond donors (Lipinski definition) is 2. The summed E-state index contributed by atoms with van der Waals surface area (Å²) in [4.78, 5) is 22.6. The van der Waals surface area contributed by atoms with E-state index in [9.17, 15) is 9.59 Å². The van der Waals surface area contributed by atoms with Crippen LogP contribution in [0.2, 0.25) is 0 Å². The van der Waals surface area contributed by atoms with E-state index in [2.05, 4.69) is 10.5 Å². The summed E-state index contributed by atoms with van der Waals surface area (Å²) in [6.45, 7) is 5.07. The Balaban J connectivity index is 1.93. The van der Waals surface area contributed by atoms with Gasteiger partial charge in [0.15, 0.2) is 6.61 Å². The number of aliphatic carboxylic acids is 1. The van der Waals surface area contributed by atoms with E-state index in [1.807, 2.05) is 6.92 Å². The van der Waals surface area contributed by atoms with E-state index in [4.69, 9.17) is 14.4 Å². The first kappa shape index (κ1) is 17.5. The van der Waals surface area contributed by atoms with E-state index >= 15 is 0 Å². The standard InChI is InChI=1S/C17H20N2O5/c1-10(13-4-6-14(7-5-13)23-9-17(21)22)18-16(20)8-15-11(2)19-24-12(15)3/h4-7,10H,8-9H2,1-3H3,(H,18,20)(H,21,22). The zero-order valence-electron chi connectivity index (χ0n) is 13.8. The van der Waals surface area contributed by atoms with Gasteiger partial charge in [0.1, 0.15) is 11.5 Å². The van der Waals surface area contributed by atoms with Crippen LogP contribution in [0.4, 0.5) is 0 Å².